The maximum absolute atomic E-state index is 12.1. The molecule has 3 N–H and O–H groups in total. The molecule has 3 amide bonds. The van der Waals surface area contributed by atoms with E-state index in [2.05, 4.69) is 28.1 Å². The molecule has 0 unspecified atom stereocenters. The summed E-state index contributed by atoms with van der Waals surface area (Å²) >= 11 is 1.92. The third kappa shape index (κ3) is 5.73. The van der Waals surface area contributed by atoms with Crippen LogP contribution in [0.4, 0.5) is 4.79 Å². The van der Waals surface area contributed by atoms with Crippen LogP contribution in [0.15, 0.2) is 54.6 Å². The van der Waals surface area contributed by atoms with Crippen molar-refractivity contribution in [2.45, 2.75) is 43.0 Å². The normalized spacial score (nSPS) is 21.8. The highest BCUT2D eigenvalue weighted by Gasteiger charge is 2.42. The molecule has 2 heterocycles. The minimum Gasteiger partial charge on any atom is -0.491 e. The van der Waals surface area contributed by atoms with E-state index in [4.69, 9.17) is 4.74 Å². The Morgan fingerprint density at radius 1 is 1.06 bits per heavy atom. The van der Waals surface area contributed by atoms with Gasteiger partial charge in [0.1, 0.15) is 12.4 Å². The lowest BCUT2D eigenvalue weighted by atomic mass is 10.0. The van der Waals surface area contributed by atoms with Crippen LogP contribution < -0.4 is 20.7 Å². The van der Waals surface area contributed by atoms with E-state index in [1.807, 2.05) is 54.2 Å². The third-order valence-corrected chi connectivity index (χ3v) is 7.24. The third-order valence-electron chi connectivity index (χ3n) is 5.73. The first-order valence-corrected chi connectivity index (χ1v) is 12.0. The molecule has 164 valence electrons. The molecule has 0 saturated carbocycles. The van der Waals surface area contributed by atoms with E-state index in [1.54, 1.807) is 0 Å². The van der Waals surface area contributed by atoms with Crippen molar-refractivity contribution in [1.29, 1.82) is 0 Å². The van der Waals surface area contributed by atoms with E-state index < -0.39 is 0 Å². The number of urea groups is 1. The number of carbonyl (C=O) groups is 2. The van der Waals surface area contributed by atoms with E-state index >= 15 is 0 Å². The Balaban J connectivity index is 1.12. The number of hydrogen-bond acceptors (Lipinski definition) is 4. The summed E-state index contributed by atoms with van der Waals surface area (Å²) in [5.74, 6) is 1.86. The van der Waals surface area contributed by atoms with Crippen LogP contribution in [0.5, 0.6) is 5.75 Å². The van der Waals surface area contributed by atoms with Gasteiger partial charge in [0.25, 0.3) is 0 Å². The molecule has 7 heteroatoms. The van der Waals surface area contributed by atoms with Crippen LogP contribution in [0.3, 0.4) is 0 Å². The summed E-state index contributed by atoms with van der Waals surface area (Å²) in [5.41, 5.74) is 2.16. The number of para-hydroxylation sites is 1. The van der Waals surface area contributed by atoms with Gasteiger partial charge in [0.15, 0.2) is 0 Å². The van der Waals surface area contributed by atoms with Gasteiger partial charge in [-0.05, 0) is 24.5 Å². The molecular formula is C24H29N3O3S. The molecule has 0 aliphatic carbocycles. The number of nitrogens with one attached hydrogen (secondary N) is 3. The zero-order valence-corrected chi connectivity index (χ0v) is 18.3. The monoisotopic (exact) mass is 439 g/mol. The van der Waals surface area contributed by atoms with E-state index in [-0.39, 0.29) is 24.0 Å². The maximum atomic E-state index is 12.1. The molecule has 31 heavy (non-hydrogen) atoms. The molecule has 2 aliphatic rings. The van der Waals surface area contributed by atoms with Gasteiger partial charge in [0.05, 0.1) is 18.6 Å². The smallest absolute Gasteiger partial charge is 0.315 e. The molecule has 2 aromatic carbocycles. The average molecular weight is 440 g/mol. The Kier molecular flexibility index (Phi) is 7.35. The van der Waals surface area contributed by atoms with Crippen LogP contribution in [0.2, 0.25) is 0 Å². The zero-order chi connectivity index (χ0) is 21.5. The molecule has 2 saturated heterocycles. The number of fused-ring (bicyclic) bond motifs is 1. The van der Waals surface area contributed by atoms with Gasteiger partial charge in [-0.2, -0.15) is 11.8 Å². The first-order valence-electron chi connectivity index (χ1n) is 10.9. The maximum Gasteiger partial charge on any atom is 0.315 e. The molecule has 0 aromatic heterocycles. The molecule has 2 fully saturated rings. The highest BCUT2D eigenvalue weighted by molar-refractivity contribution is 8.00. The van der Waals surface area contributed by atoms with Crippen LogP contribution >= 0.6 is 11.8 Å². The molecule has 2 aliphatic heterocycles. The topological polar surface area (TPSA) is 79.5 Å². The lowest BCUT2D eigenvalue weighted by Gasteiger charge is -2.16. The predicted molar refractivity (Wildman–Crippen MR) is 124 cm³/mol. The fourth-order valence-corrected chi connectivity index (χ4v) is 5.71. The van der Waals surface area contributed by atoms with E-state index in [9.17, 15) is 9.59 Å². The van der Waals surface area contributed by atoms with Crippen molar-refractivity contribution in [3.8, 4) is 16.9 Å². The summed E-state index contributed by atoms with van der Waals surface area (Å²) in [6.07, 6.45) is 3.40. The summed E-state index contributed by atoms with van der Waals surface area (Å²) in [6.45, 7) is 0.923. The van der Waals surface area contributed by atoms with Crippen LogP contribution in [0.1, 0.15) is 25.7 Å². The number of carbonyl (C=O) groups excluding carboxylic acids is 2. The summed E-state index contributed by atoms with van der Waals surface area (Å²) in [6, 6.07) is 18.5. The molecule has 0 bridgehead atoms. The van der Waals surface area contributed by atoms with Crippen LogP contribution in [0, 0.1) is 0 Å². The van der Waals surface area contributed by atoms with Crippen LogP contribution in [0.25, 0.3) is 11.1 Å². The fourth-order valence-electron chi connectivity index (χ4n) is 4.16. The van der Waals surface area contributed by atoms with Gasteiger partial charge >= 0.3 is 6.03 Å². The molecule has 6 nitrogen and oxygen atoms in total. The van der Waals surface area contributed by atoms with E-state index in [0.29, 0.717) is 24.8 Å². The van der Waals surface area contributed by atoms with Gasteiger partial charge in [0.2, 0.25) is 5.91 Å². The number of thioether (sulfide) groups is 1. The fraction of sp³-hybridized carbons (Fsp3) is 0.417. The number of unbranched alkanes of at least 4 members (excludes halogenated alkanes) is 1. The van der Waals surface area contributed by atoms with Gasteiger partial charge in [0, 0.05) is 23.0 Å². The summed E-state index contributed by atoms with van der Waals surface area (Å²) in [7, 11) is 0. The summed E-state index contributed by atoms with van der Waals surface area (Å²) < 4.78 is 5.93. The second-order valence-corrected chi connectivity index (χ2v) is 9.20. The van der Waals surface area contributed by atoms with Gasteiger partial charge in [-0.15, -0.1) is 0 Å². The Morgan fingerprint density at radius 2 is 1.87 bits per heavy atom. The van der Waals surface area contributed by atoms with Gasteiger partial charge in [-0.3, -0.25) is 4.79 Å². The Labute approximate surface area is 187 Å². The van der Waals surface area contributed by atoms with Gasteiger partial charge in [-0.25, -0.2) is 4.79 Å². The Hall–Kier alpha value is -2.67. The lowest BCUT2D eigenvalue weighted by molar-refractivity contribution is -0.121. The molecule has 4 rings (SSSR count). The Bertz CT molecular complexity index is 893. The highest BCUT2D eigenvalue weighted by Crippen LogP contribution is 2.33. The van der Waals surface area contributed by atoms with E-state index in [0.717, 1.165) is 41.9 Å². The SMILES string of the molecule is O=C(CCCC[C@@H]1SC[C@@H]2NC(=O)N[C@@H]21)NCCOc1ccccc1-c1ccccc1. The second-order valence-electron chi connectivity index (χ2n) is 7.93. The van der Waals surface area contributed by atoms with Gasteiger partial charge < -0.3 is 20.7 Å². The predicted octanol–water partition coefficient (Wildman–Crippen LogP) is 3.57. The van der Waals surface area contributed by atoms with Crippen molar-refractivity contribution >= 4 is 23.7 Å². The standard InChI is InChI=1S/C24H29N3O3S/c28-22(13-7-6-12-21-23-19(16-31-21)26-24(29)27-23)25-14-15-30-20-11-5-4-10-18(20)17-8-2-1-3-9-17/h1-5,8-11,19,21,23H,6-7,12-16H2,(H,25,28)(H2,26,27,29)/t19-,21-,23-/m0/s1. The van der Waals surface area contributed by atoms with Crippen molar-refractivity contribution in [3.63, 3.8) is 0 Å². The van der Waals surface area contributed by atoms with Crippen LogP contribution in [-0.2, 0) is 4.79 Å². The summed E-state index contributed by atoms with van der Waals surface area (Å²) in [4.78, 5) is 23.6. The van der Waals surface area contributed by atoms with Crippen molar-refractivity contribution in [3.05, 3.63) is 54.6 Å². The second kappa shape index (κ2) is 10.6. The average Bonchev–Trinajstić information content (AvgIpc) is 3.34. The van der Waals surface area contributed by atoms with E-state index in [1.165, 1.54) is 0 Å². The van der Waals surface area contributed by atoms with Crippen molar-refractivity contribution in [1.82, 2.24) is 16.0 Å². The lowest BCUT2D eigenvalue weighted by Crippen LogP contribution is -2.36. The first kappa shape index (κ1) is 21.6. The highest BCUT2D eigenvalue weighted by atomic mass is 32.2. The number of amides is 3. The first-order chi connectivity index (χ1) is 15.2. The van der Waals surface area contributed by atoms with Gasteiger partial charge in [-0.1, -0.05) is 55.0 Å². The molecule has 2 aromatic rings. The number of hydrogen-bond donors (Lipinski definition) is 3. The molecule has 0 spiro atoms. The Morgan fingerprint density at radius 3 is 2.74 bits per heavy atom. The molecular weight excluding hydrogens is 410 g/mol. The largest absolute Gasteiger partial charge is 0.491 e. The minimum atomic E-state index is -0.0479. The number of benzene rings is 2. The van der Waals surface area contributed by atoms with Crippen molar-refractivity contribution in [2.75, 3.05) is 18.9 Å². The quantitative estimate of drug-likeness (QED) is 0.391. The molecule has 0 radical (unpaired) electrons. The zero-order valence-electron chi connectivity index (χ0n) is 17.5. The van der Waals surface area contributed by atoms with Crippen molar-refractivity contribution in [2.24, 2.45) is 0 Å². The number of ether oxygens (including phenoxy) is 1. The minimum absolute atomic E-state index is 0.0479. The molecule has 3 atom stereocenters. The van der Waals surface area contributed by atoms with Crippen molar-refractivity contribution < 1.29 is 14.3 Å². The van der Waals surface area contributed by atoms with Crippen LogP contribution in [-0.4, -0.2) is 48.2 Å². The summed E-state index contributed by atoms with van der Waals surface area (Å²) in [5, 5.41) is 9.37. The number of rotatable bonds is 10.